The van der Waals surface area contributed by atoms with E-state index in [9.17, 15) is 0 Å². The minimum Gasteiger partial charge on any atom is -0.328 e. The molecule has 0 radical (unpaired) electrons. The van der Waals surface area contributed by atoms with Crippen molar-refractivity contribution in [2.75, 3.05) is 0 Å². The Morgan fingerprint density at radius 3 is 3.08 bits per heavy atom. The lowest BCUT2D eigenvalue weighted by Gasteiger charge is -2.02. The van der Waals surface area contributed by atoms with E-state index < -0.39 is 0 Å². The van der Waals surface area contributed by atoms with Crippen LogP contribution < -0.4 is 5.73 Å². The first-order valence-electron chi connectivity index (χ1n) is 4.16. The van der Waals surface area contributed by atoms with Crippen molar-refractivity contribution in [2.45, 2.75) is 19.4 Å². The van der Waals surface area contributed by atoms with Crippen LogP contribution in [0.2, 0.25) is 0 Å². The van der Waals surface area contributed by atoms with E-state index in [1.54, 1.807) is 23.1 Å². The highest BCUT2D eigenvalue weighted by Gasteiger charge is 2.05. The maximum Gasteiger partial charge on any atom is 0.250 e. The average Bonchev–Trinajstić information content (AvgIpc) is 2.48. The summed E-state index contributed by atoms with van der Waals surface area (Å²) >= 11 is 0. The predicted octanol–water partition coefficient (Wildman–Crippen LogP) is 0.0140. The van der Waals surface area contributed by atoms with Crippen LogP contribution in [0, 0.1) is 0 Å². The Morgan fingerprint density at radius 1 is 1.46 bits per heavy atom. The van der Waals surface area contributed by atoms with Crippen LogP contribution >= 0.6 is 0 Å². The van der Waals surface area contributed by atoms with Gasteiger partial charge in [0.2, 0.25) is 0 Å². The third-order valence-corrected chi connectivity index (χ3v) is 1.76. The summed E-state index contributed by atoms with van der Waals surface area (Å²) in [6, 6.07) is 0.113. The van der Waals surface area contributed by atoms with Crippen molar-refractivity contribution in [3.05, 3.63) is 24.3 Å². The number of nitrogens with two attached hydrogens (primary N) is 1. The number of imidazole rings is 1. The second-order valence-electron chi connectivity index (χ2n) is 3.09. The molecule has 68 valence electrons. The zero-order chi connectivity index (χ0) is 9.26. The molecule has 1 atom stereocenters. The molecular weight excluding hydrogens is 166 g/mol. The Hall–Kier alpha value is -1.49. The fraction of sp³-hybridized carbons (Fsp3) is 0.375. The second kappa shape index (κ2) is 3.10. The molecule has 2 heterocycles. The van der Waals surface area contributed by atoms with Crippen LogP contribution in [0.5, 0.6) is 0 Å². The molecule has 2 aromatic rings. The van der Waals surface area contributed by atoms with Gasteiger partial charge in [0.15, 0.2) is 0 Å². The molecule has 0 spiro atoms. The van der Waals surface area contributed by atoms with Gasteiger partial charge in [-0.25, -0.2) is 14.5 Å². The first-order valence-corrected chi connectivity index (χ1v) is 4.16. The molecule has 0 aromatic carbocycles. The van der Waals surface area contributed by atoms with Crippen LogP contribution in [-0.2, 0) is 6.42 Å². The molecule has 5 nitrogen and oxygen atoms in total. The van der Waals surface area contributed by atoms with E-state index in [1.807, 2.05) is 6.92 Å². The van der Waals surface area contributed by atoms with Gasteiger partial charge in [-0.2, -0.15) is 5.10 Å². The minimum atomic E-state index is 0.113. The molecular formula is C8H11N5. The smallest absolute Gasteiger partial charge is 0.250 e. The summed E-state index contributed by atoms with van der Waals surface area (Å²) in [7, 11) is 0. The minimum absolute atomic E-state index is 0.113. The van der Waals surface area contributed by atoms with Crippen LogP contribution in [-0.4, -0.2) is 25.6 Å². The largest absolute Gasteiger partial charge is 0.328 e. The van der Waals surface area contributed by atoms with Gasteiger partial charge >= 0.3 is 0 Å². The van der Waals surface area contributed by atoms with E-state index in [0.29, 0.717) is 5.78 Å². The van der Waals surface area contributed by atoms with Gasteiger partial charge in [0, 0.05) is 12.5 Å². The van der Waals surface area contributed by atoms with E-state index in [4.69, 9.17) is 5.73 Å². The molecule has 2 aromatic heterocycles. The summed E-state index contributed by atoms with van der Waals surface area (Å²) in [5.41, 5.74) is 6.68. The van der Waals surface area contributed by atoms with E-state index in [-0.39, 0.29) is 6.04 Å². The lowest BCUT2D eigenvalue weighted by molar-refractivity contribution is 0.697. The fourth-order valence-electron chi connectivity index (χ4n) is 1.25. The fourth-order valence-corrected chi connectivity index (χ4v) is 1.25. The zero-order valence-corrected chi connectivity index (χ0v) is 7.38. The van der Waals surface area contributed by atoms with Crippen molar-refractivity contribution < 1.29 is 0 Å². The number of hydrogen-bond donors (Lipinski definition) is 1. The quantitative estimate of drug-likeness (QED) is 0.701. The molecule has 2 rings (SSSR count). The Morgan fingerprint density at radius 2 is 2.31 bits per heavy atom. The third kappa shape index (κ3) is 1.50. The van der Waals surface area contributed by atoms with Crippen molar-refractivity contribution in [3.8, 4) is 0 Å². The van der Waals surface area contributed by atoms with Crippen LogP contribution in [0.4, 0.5) is 0 Å². The van der Waals surface area contributed by atoms with E-state index in [0.717, 1.165) is 12.1 Å². The van der Waals surface area contributed by atoms with Crippen molar-refractivity contribution in [1.82, 2.24) is 19.6 Å². The van der Waals surface area contributed by atoms with Gasteiger partial charge in [0.1, 0.15) is 0 Å². The summed E-state index contributed by atoms with van der Waals surface area (Å²) < 4.78 is 1.71. The summed E-state index contributed by atoms with van der Waals surface area (Å²) in [4.78, 5) is 8.16. The number of fused-ring (bicyclic) bond motifs is 1. The molecule has 0 saturated carbocycles. The summed E-state index contributed by atoms with van der Waals surface area (Å²) in [6.07, 6.45) is 5.79. The van der Waals surface area contributed by atoms with Gasteiger partial charge in [-0.1, -0.05) is 0 Å². The Balaban J connectivity index is 2.46. The first-order chi connectivity index (χ1) is 6.27. The zero-order valence-electron chi connectivity index (χ0n) is 7.38. The normalized spacial score (nSPS) is 13.4. The lowest BCUT2D eigenvalue weighted by atomic mass is 10.2. The summed E-state index contributed by atoms with van der Waals surface area (Å²) in [5, 5.41) is 4.13. The van der Waals surface area contributed by atoms with Gasteiger partial charge in [0.25, 0.3) is 5.78 Å². The summed E-state index contributed by atoms with van der Waals surface area (Å²) in [6.45, 7) is 1.95. The Labute approximate surface area is 75.6 Å². The number of nitrogens with zero attached hydrogens (tertiary/aromatic N) is 4. The van der Waals surface area contributed by atoms with Crippen LogP contribution in [0.25, 0.3) is 5.78 Å². The van der Waals surface area contributed by atoms with Crippen LogP contribution in [0.1, 0.15) is 12.6 Å². The van der Waals surface area contributed by atoms with Gasteiger partial charge in [-0.15, -0.1) is 0 Å². The van der Waals surface area contributed by atoms with Crippen molar-refractivity contribution >= 4 is 5.78 Å². The third-order valence-electron chi connectivity index (χ3n) is 1.76. The van der Waals surface area contributed by atoms with Crippen molar-refractivity contribution in [3.63, 3.8) is 0 Å². The molecule has 1 unspecified atom stereocenters. The molecule has 5 heteroatoms. The highest BCUT2D eigenvalue weighted by molar-refractivity contribution is 5.27. The van der Waals surface area contributed by atoms with Gasteiger partial charge in [-0.05, 0) is 6.92 Å². The first kappa shape index (κ1) is 8.12. The molecule has 0 aliphatic heterocycles. The van der Waals surface area contributed by atoms with Gasteiger partial charge in [0.05, 0.1) is 24.3 Å². The van der Waals surface area contributed by atoms with Gasteiger partial charge < -0.3 is 5.73 Å². The highest BCUT2D eigenvalue weighted by atomic mass is 15.3. The Kier molecular flexibility index (Phi) is 1.94. The summed E-state index contributed by atoms with van der Waals surface area (Å²) in [5.74, 6) is 0.623. The molecule has 0 aliphatic carbocycles. The molecule has 0 fully saturated rings. The second-order valence-corrected chi connectivity index (χ2v) is 3.09. The van der Waals surface area contributed by atoms with Crippen molar-refractivity contribution in [2.24, 2.45) is 5.73 Å². The lowest BCUT2D eigenvalue weighted by Crippen LogP contribution is -2.19. The average molecular weight is 177 g/mol. The van der Waals surface area contributed by atoms with E-state index >= 15 is 0 Å². The topological polar surface area (TPSA) is 69.1 Å². The molecule has 0 saturated heterocycles. The maximum atomic E-state index is 5.69. The van der Waals surface area contributed by atoms with E-state index in [1.165, 1.54) is 0 Å². The number of aromatic nitrogens is 4. The standard InChI is InChI=1S/C8H11N5/c1-6(9)4-7-5-11-8-10-2-3-12-13(7)8/h2-3,5-6H,4,9H2,1H3. The number of rotatable bonds is 2. The monoisotopic (exact) mass is 177 g/mol. The predicted molar refractivity (Wildman–Crippen MR) is 48.1 cm³/mol. The van der Waals surface area contributed by atoms with Crippen molar-refractivity contribution in [1.29, 1.82) is 0 Å². The van der Waals surface area contributed by atoms with Crippen LogP contribution in [0.3, 0.4) is 0 Å². The van der Waals surface area contributed by atoms with E-state index in [2.05, 4.69) is 15.1 Å². The maximum absolute atomic E-state index is 5.69. The molecule has 0 amide bonds. The highest BCUT2D eigenvalue weighted by Crippen LogP contribution is 2.03. The van der Waals surface area contributed by atoms with Gasteiger partial charge in [-0.3, -0.25) is 0 Å². The number of hydrogen-bond acceptors (Lipinski definition) is 4. The molecule has 13 heavy (non-hydrogen) atoms. The molecule has 0 bridgehead atoms. The molecule has 0 aliphatic rings. The SMILES string of the molecule is CC(N)Cc1cnc2nccnn12. The van der Waals surface area contributed by atoms with Crippen LogP contribution in [0.15, 0.2) is 18.6 Å². The Bertz CT molecular complexity index is 406. The molecule has 2 N–H and O–H groups in total.